The van der Waals surface area contributed by atoms with E-state index in [1.54, 1.807) is 22.8 Å². The average molecular weight is 267 g/mol. The summed E-state index contributed by atoms with van der Waals surface area (Å²) in [4.78, 5) is 13.8. The van der Waals surface area contributed by atoms with Gasteiger partial charge >= 0.3 is 0 Å². The number of aliphatic hydroxyl groups is 1. The van der Waals surface area contributed by atoms with Gasteiger partial charge in [0.25, 0.3) is 5.91 Å². The van der Waals surface area contributed by atoms with Crippen LogP contribution in [0.4, 0.5) is 0 Å². The molecule has 7 nitrogen and oxygen atoms in total. The van der Waals surface area contributed by atoms with E-state index in [0.717, 1.165) is 32.4 Å². The van der Waals surface area contributed by atoms with E-state index < -0.39 is 0 Å². The fourth-order valence-corrected chi connectivity index (χ4v) is 1.95. The highest BCUT2D eigenvalue weighted by atomic mass is 16.2. The van der Waals surface area contributed by atoms with Crippen LogP contribution in [0.15, 0.2) is 6.20 Å². The second kappa shape index (κ2) is 6.63. The van der Waals surface area contributed by atoms with Crippen molar-refractivity contribution >= 4 is 5.91 Å². The lowest BCUT2D eigenvalue weighted by Gasteiger charge is -2.26. The van der Waals surface area contributed by atoms with Crippen LogP contribution in [-0.2, 0) is 0 Å². The first-order valence-corrected chi connectivity index (χ1v) is 6.71. The third kappa shape index (κ3) is 3.51. The minimum Gasteiger partial charge on any atom is -0.396 e. The molecule has 0 spiro atoms. The maximum Gasteiger partial charge on any atom is 0.275 e. The number of aliphatic hydroxyl groups excluding tert-OH is 1. The predicted molar refractivity (Wildman–Crippen MR) is 69.8 cm³/mol. The van der Waals surface area contributed by atoms with Crippen LogP contribution >= 0.6 is 0 Å². The molecule has 2 N–H and O–H groups in total. The van der Waals surface area contributed by atoms with Crippen LogP contribution in [0.5, 0.6) is 0 Å². The van der Waals surface area contributed by atoms with Crippen LogP contribution in [0.3, 0.4) is 0 Å². The molecule has 0 saturated carbocycles. The Kier molecular flexibility index (Phi) is 4.86. The van der Waals surface area contributed by atoms with Crippen molar-refractivity contribution in [1.29, 1.82) is 0 Å². The van der Waals surface area contributed by atoms with Gasteiger partial charge in [0.2, 0.25) is 0 Å². The molecule has 1 aliphatic rings. The van der Waals surface area contributed by atoms with Crippen molar-refractivity contribution in [2.75, 3.05) is 33.3 Å². The van der Waals surface area contributed by atoms with E-state index in [4.69, 9.17) is 5.11 Å². The van der Waals surface area contributed by atoms with E-state index in [1.807, 2.05) is 0 Å². The first kappa shape index (κ1) is 14.0. The third-order valence-corrected chi connectivity index (χ3v) is 3.36. The van der Waals surface area contributed by atoms with Gasteiger partial charge in [-0.2, -0.15) is 0 Å². The van der Waals surface area contributed by atoms with E-state index in [2.05, 4.69) is 15.6 Å². The summed E-state index contributed by atoms with van der Waals surface area (Å²) in [6.07, 6.45) is 4.32. The van der Waals surface area contributed by atoms with Gasteiger partial charge in [-0.05, 0) is 19.3 Å². The largest absolute Gasteiger partial charge is 0.396 e. The normalized spacial score (nSPS) is 15.3. The van der Waals surface area contributed by atoms with Gasteiger partial charge in [-0.3, -0.25) is 4.79 Å². The minimum absolute atomic E-state index is 0.0949. The zero-order valence-corrected chi connectivity index (χ0v) is 11.2. The third-order valence-electron chi connectivity index (χ3n) is 3.36. The van der Waals surface area contributed by atoms with Crippen molar-refractivity contribution < 1.29 is 9.90 Å². The van der Waals surface area contributed by atoms with Crippen LogP contribution in [0, 0.1) is 0 Å². The highest BCUT2D eigenvalue weighted by molar-refractivity contribution is 5.91. The molecule has 106 valence electrons. The smallest absolute Gasteiger partial charge is 0.275 e. The number of nitrogens with one attached hydrogen (secondary N) is 1. The standard InChI is InChI=1S/C12H21N5O2/c1-16(5-3-2-4-6-18)12(19)11-9-17(15-14-11)10-7-13-8-10/h9-10,13,18H,2-8H2,1H3. The Morgan fingerprint density at radius 3 is 2.95 bits per heavy atom. The summed E-state index contributed by atoms with van der Waals surface area (Å²) in [7, 11) is 1.77. The number of carbonyl (C=O) groups is 1. The first-order valence-electron chi connectivity index (χ1n) is 6.71. The average Bonchev–Trinajstić information content (AvgIpc) is 2.80. The summed E-state index contributed by atoms with van der Waals surface area (Å²) < 4.78 is 1.75. The summed E-state index contributed by atoms with van der Waals surface area (Å²) >= 11 is 0. The molecule has 0 aliphatic carbocycles. The maximum atomic E-state index is 12.1. The molecule has 2 heterocycles. The number of unbranched alkanes of at least 4 members (excludes halogenated alkanes) is 2. The number of carbonyl (C=O) groups excluding carboxylic acids is 1. The summed E-state index contributed by atoms with van der Waals surface area (Å²) in [6.45, 7) is 2.65. The van der Waals surface area contributed by atoms with Crippen LogP contribution in [0.1, 0.15) is 35.8 Å². The van der Waals surface area contributed by atoms with Gasteiger partial charge in [-0.25, -0.2) is 4.68 Å². The lowest BCUT2D eigenvalue weighted by atomic mass is 10.2. The Hall–Kier alpha value is -1.47. The SMILES string of the molecule is CN(CCCCCO)C(=O)c1cn(C2CNC2)nn1. The predicted octanol–water partition coefficient (Wildman–Crippen LogP) is -0.343. The monoisotopic (exact) mass is 267 g/mol. The fraction of sp³-hybridized carbons (Fsp3) is 0.750. The number of rotatable bonds is 7. The Morgan fingerprint density at radius 1 is 1.53 bits per heavy atom. The molecule has 1 aromatic heterocycles. The Balaban J connectivity index is 1.82. The molecule has 7 heteroatoms. The van der Waals surface area contributed by atoms with Crippen molar-refractivity contribution in [3.63, 3.8) is 0 Å². The molecule has 0 bridgehead atoms. The lowest BCUT2D eigenvalue weighted by Crippen LogP contribution is -2.43. The highest BCUT2D eigenvalue weighted by Gasteiger charge is 2.22. The van der Waals surface area contributed by atoms with E-state index in [-0.39, 0.29) is 12.5 Å². The van der Waals surface area contributed by atoms with Crippen LogP contribution < -0.4 is 5.32 Å². The van der Waals surface area contributed by atoms with Gasteiger partial charge in [0.05, 0.1) is 12.2 Å². The lowest BCUT2D eigenvalue weighted by molar-refractivity contribution is 0.0786. The zero-order chi connectivity index (χ0) is 13.7. The van der Waals surface area contributed by atoms with Gasteiger partial charge in [0.15, 0.2) is 5.69 Å². The Morgan fingerprint density at radius 2 is 2.32 bits per heavy atom. The number of hydrogen-bond donors (Lipinski definition) is 2. The van der Waals surface area contributed by atoms with Crippen molar-refractivity contribution in [3.05, 3.63) is 11.9 Å². The second-order valence-electron chi connectivity index (χ2n) is 4.91. The Labute approximate surface area is 112 Å². The number of nitrogens with zero attached hydrogens (tertiary/aromatic N) is 4. The van der Waals surface area contributed by atoms with Crippen LogP contribution in [-0.4, -0.2) is 64.2 Å². The summed E-state index contributed by atoms with van der Waals surface area (Å²) in [6, 6.07) is 0.323. The van der Waals surface area contributed by atoms with Crippen molar-refractivity contribution in [2.45, 2.75) is 25.3 Å². The molecule has 1 amide bonds. The molecule has 0 aromatic carbocycles. The maximum absolute atomic E-state index is 12.1. The van der Waals surface area contributed by atoms with Gasteiger partial charge in [0.1, 0.15) is 0 Å². The van der Waals surface area contributed by atoms with E-state index >= 15 is 0 Å². The van der Waals surface area contributed by atoms with Gasteiger partial charge in [-0.15, -0.1) is 5.10 Å². The van der Waals surface area contributed by atoms with Crippen LogP contribution in [0.2, 0.25) is 0 Å². The number of amides is 1. The molecule has 0 radical (unpaired) electrons. The summed E-state index contributed by atoms with van der Waals surface area (Å²) in [5, 5.41) is 19.8. The summed E-state index contributed by atoms with van der Waals surface area (Å²) in [5.41, 5.74) is 0.400. The summed E-state index contributed by atoms with van der Waals surface area (Å²) in [5.74, 6) is -0.0949. The van der Waals surface area contributed by atoms with Crippen LogP contribution in [0.25, 0.3) is 0 Å². The minimum atomic E-state index is -0.0949. The quantitative estimate of drug-likeness (QED) is 0.660. The molecule has 19 heavy (non-hydrogen) atoms. The first-order chi connectivity index (χ1) is 9.22. The zero-order valence-electron chi connectivity index (χ0n) is 11.2. The highest BCUT2D eigenvalue weighted by Crippen LogP contribution is 2.10. The van der Waals surface area contributed by atoms with Gasteiger partial charge < -0.3 is 15.3 Å². The molecule has 2 rings (SSSR count). The topological polar surface area (TPSA) is 83.3 Å². The molecule has 0 unspecified atom stereocenters. The number of hydrogen-bond acceptors (Lipinski definition) is 5. The van der Waals surface area contributed by atoms with Crippen molar-refractivity contribution in [3.8, 4) is 0 Å². The molecule has 1 fully saturated rings. The molecule has 1 aromatic rings. The fourth-order valence-electron chi connectivity index (χ4n) is 1.95. The van der Waals surface area contributed by atoms with Crippen molar-refractivity contribution in [1.82, 2.24) is 25.2 Å². The van der Waals surface area contributed by atoms with E-state index in [9.17, 15) is 4.79 Å². The Bertz CT molecular complexity index is 416. The molecular formula is C12H21N5O2. The van der Waals surface area contributed by atoms with E-state index in [1.165, 1.54) is 0 Å². The molecular weight excluding hydrogens is 246 g/mol. The number of aromatic nitrogens is 3. The van der Waals surface area contributed by atoms with Gasteiger partial charge in [0, 0.05) is 33.3 Å². The molecule has 1 aliphatic heterocycles. The van der Waals surface area contributed by atoms with Gasteiger partial charge in [-0.1, -0.05) is 5.21 Å². The van der Waals surface area contributed by atoms with Crippen molar-refractivity contribution in [2.24, 2.45) is 0 Å². The molecule has 1 saturated heterocycles. The second-order valence-corrected chi connectivity index (χ2v) is 4.91. The van der Waals surface area contributed by atoms with E-state index in [0.29, 0.717) is 18.3 Å². The molecule has 0 atom stereocenters.